The summed E-state index contributed by atoms with van der Waals surface area (Å²) in [5.41, 5.74) is 1.41. The summed E-state index contributed by atoms with van der Waals surface area (Å²) in [7, 11) is 1.11. The highest BCUT2D eigenvalue weighted by atomic mass is 28.1. The highest BCUT2D eigenvalue weighted by Crippen LogP contribution is 2.05. The van der Waals surface area contributed by atoms with Crippen LogP contribution in [0.4, 0.5) is 0 Å². The van der Waals surface area contributed by atoms with E-state index in [4.69, 9.17) is 0 Å². The molecule has 2 nitrogen and oxygen atoms in total. The molecule has 0 spiro atoms. The van der Waals surface area contributed by atoms with E-state index in [9.17, 15) is 0 Å². The van der Waals surface area contributed by atoms with Crippen LogP contribution in [0.1, 0.15) is 25.6 Å². The summed E-state index contributed by atoms with van der Waals surface area (Å²) in [5.74, 6) is 0. The minimum atomic E-state index is 0.318. The van der Waals surface area contributed by atoms with Crippen LogP contribution in [0, 0.1) is 0 Å². The van der Waals surface area contributed by atoms with E-state index >= 15 is 0 Å². The lowest BCUT2D eigenvalue weighted by Crippen LogP contribution is -2.37. The maximum absolute atomic E-state index is 3.45. The lowest BCUT2D eigenvalue weighted by atomic mass is 10.1. The highest BCUT2D eigenvalue weighted by molar-refractivity contribution is 6.33. The summed E-state index contributed by atoms with van der Waals surface area (Å²) in [6, 6.07) is 8.64. The first kappa shape index (κ1) is 11.4. The van der Waals surface area contributed by atoms with E-state index in [-0.39, 0.29) is 0 Å². The fourth-order valence-corrected chi connectivity index (χ4v) is 2.26. The molecule has 0 amide bonds. The van der Waals surface area contributed by atoms with Crippen molar-refractivity contribution in [3.05, 3.63) is 29.8 Å². The molecule has 1 aromatic carbocycles. The first-order chi connectivity index (χ1) is 6.79. The third-order valence-electron chi connectivity index (χ3n) is 2.32. The Morgan fingerprint density at radius 3 is 2.21 bits per heavy atom. The molecule has 1 aromatic rings. The number of hydrogen-bond donors (Lipinski definition) is 2. The van der Waals surface area contributed by atoms with Crippen molar-refractivity contribution in [2.45, 2.75) is 20.0 Å². The minimum Gasteiger partial charge on any atom is -0.298 e. The third kappa shape index (κ3) is 2.94. The second-order valence-corrected chi connectivity index (χ2v) is 4.48. The highest BCUT2D eigenvalue weighted by Gasteiger charge is 2.09. The number of rotatable bonds is 5. The van der Waals surface area contributed by atoms with Crippen LogP contribution in [0.2, 0.25) is 0 Å². The molecule has 0 fully saturated rings. The summed E-state index contributed by atoms with van der Waals surface area (Å²) >= 11 is 0. The zero-order chi connectivity index (χ0) is 10.4. The van der Waals surface area contributed by atoms with E-state index in [1.165, 1.54) is 10.8 Å². The standard InChI is InChI=1S/C11H20N2Si/c1-3-12-11(13-4-2)9-7-5-6-8-10(9)14/h5-8,11-13H,3-4H2,1-2,14H3. The van der Waals surface area contributed by atoms with Gasteiger partial charge in [-0.1, -0.05) is 43.3 Å². The molecular formula is C11H20N2Si. The van der Waals surface area contributed by atoms with Crippen molar-refractivity contribution in [3.63, 3.8) is 0 Å². The van der Waals surface area contributed by atoms with Crippen LogP contribution in [-0.4, -0.2) is 23.3 Å². The first-order valence-electron chi connectivity index (χ1n) is 5.31. The fourth-order valence-electron chi connectivity index (χ4n) is 1.61. The molecule has 0 atom stereocenters. The van der Waals surface area contributed by atoms with E-state index in [2.05, 4.69) is 48.7 Å². The molecule has 1 rings (SSSR count). The maximum atomic E-state index is 3.45. The van der Waals surface area contributed by atoms with Crippen LogP contribution in [0.15, 0.2) is 24.3 Å². The van der Waals surface area contributed by atoms with E-state index in [0.29, 0.717) is 6.17 Å². The molecule has 0 aliphatic heterocycles. The van der Waals surface area contributed by atoms with Crippen molar-refractivity contribution >= 4 is 15.4 Å². The van der Waals surface area contributed by atoms with Gasteiger partial charge in [0.1, 0.15) is 0 Å². The van der Waals surface area contributed by atoms with Crippen molar-refractivity contribution in [2.24, 2.45) is 0 Å². The maximum Gasteiger partial charge on any atom is 0.0833 e. The monoisotopic (exact) mass is 208 g/mol. The lowest BCUT2D eigenvalue weighted by molar-refractivity contribution is 0.464. The van der Waals surface area contributed by atoms with Crippen LogP contribution in [0.25, 0.3) is 0 Å². The Kier molecular flexibility index (Phi) is 4.86. The number of benzene rings is 1. The van der Waals surface area contributed by atoms with Gasteiger partial charge in [0.05, 0.1) is 6.17 Å². The molecule has 2 N–H and O–H groups in total. The van der Waals surface area contributed by atoms with Gasteiger partial charge in [0.25, 0.3) is 0 Å². The van der Waals surface area contributed by atoms with Crippen molar-refractivity contribution in [1.29, 1.82) is 0 Å². The number of hydrogen-bond acceptors (Lipinski definition) is 2. The Balaban J connectivity index is 2.81. The summed E-state index contributed by atoms with van der Waals surface area (Å²) in [4.78, 5) is 0. The quantitative estimate of drug-likeness (QED) is 0.521. The molecule has 3 heteroatoms. The van der Waals surface area contributed by atoms with Crippen molar-refractivity contribution in [1.82, 2.24) is 10.6 Å². The molecule has 0 unspecified atom stereocenters. The topological polar surface area (TPSA) is 24.1 Å². The van der Waals surface area contributed by atoms with E-state index < -0.39 is 0 Å². The fraction of sp³-hybridized carbons (Fsp3) is 0.455. The predicted octanol–water partition coefficient (Wildman–Crippen LogP) is -0.105. The van der Waals surface area contributed by atoms with Crippen molar-refractivity contribution in [2.75, 3.05) is 13.1 Å². The molecule has 0 saturated heterocycles. The van der Waals surface area contributed by atoms with Gasteiger partial charge in [-0.2, -0.15) is 0 Å². The SMILES string of the molecule is CCNC(NCC)c1ccccc1[SiH3]. The second kappa shape index (κ2) is 5.96. The largest absolute Gasteiger partial charge is 0.298 e. The van der Waals surface area contributed by atoms with Crippen LogP contribution in [0.3, 0.4) is 0 Å². The molecule has 0 aromatic heterocycles. The van der Waals surface area contributed by atoms with E-state index in [0.717, 1.165) is 23.3 Å². The molecule has 0 radical (unpaired) electrons. The molecule has 0 bridgehead atoms. The Labute approximate surface area is 89.5 Å². The van der Waals surface area contributed by atoms with Crippen molar-refractivity contribution in [3.8, 4) is 0 Å². The average Bonchev–Trinajstić information content (AvgIpc) is 2.18. The van der Waals surface area contributed by atoms with E-state index in [1.54, 1.807) is 0 Å². The summed E-state index contributed by atoms with van der Waals surface area (Å²) < 4.78 is 0. The first-order valence-corrected chi connectivity index (χ1v) is 6.31. The molecule has 0 heterocycles. The van der Waals surface area contributed by atoms with Gasteiger partial charge in [0, 0.05) is 10.2 Å². The predicted molar refractivity (Wildman–Crippen MR) is 66.1 cm³/mol. The average molecular weight is 208 g/mol. The lowest BCUT2D eigenvalue weighted by Gasteiger charge is -2.20. The van der Waals surface area contributed by atoms with Gasteiger partial charge in [-0.3, -0.25) is 10.6 Å². The summed E-state index contributed by atoms with van der Waals surface area (Å²) in [6.07, 6.45) is 0.318. The number of nitrogens with one attached hydrogen (secondary N) is 2. The summed E-state index contributed by atoms with van der Waals surface area (Å²) in [5, 5.41) is 8.38. The van der Waals surface area contributed by atoms with Crippen LogP contribution in [0.5, 0.6) is 0 Å². The molecule has 0 aliphatic rings. The van der Waals surface area contributed by atoms with Gasteiger partial charge < -0.3 is 0 Å². The smallest absolute Gasteiger partial charge is 0.0833 e. The zero-order valence-electron chi connectivity index (χ0n) is 9.30. The molecule has 0 aliphatic carbocycles. The van der Waals surface area contributed by atoms with E-state index in [1.807, 2.05) is 0 Å². The zero-order valence-corrected chi connectivity index (χ0v) is 11.3. The third-order valence-corrected chi connectivity index (χ3v) is 3.23. The Bertz CT molecular complexity index is 270. The van der Waals surface area contributed by atoms with Gasteiger partial charge in [-0.25, -0.2) is 0 Å². The Hall–Kier alpha value is -0.643. The van der Waals surface area contributed by atoms with Gasteiger partial charge in [-0.15, -0.1) is 0 Å². The van der Waals surface area contributed by atoms with Crippen LogP contribution in [-0.2, 0) is 0 Å². The van der Waals surface area contributed by atoms with Gasteiger partial charge in [0.15, 0.2) is 0 Å². The Morgan fingerprint density at radius 2 is 1.71 bits per heavy atom. The van der Waals surface area contributed by atoms with Crippen molar-refractivity contribution < 1.29 is 0 Å². The normalized spacial score (nSPS) is 11.1. The van der Waals surface area contributed by atoms with Gasteiger partial charge >= 0.3 is 0 Å². The van der Waals surface area contributed by atoms with Crippen LogP contribution < -0.4 is 15.8 Å². The molecule has 14 heavy (non-hydrogen) atoms. The second-order valence-electron chi connectivity index (χ2n) is 3.40. The minimum absolute atomic E-state index is 0.318. The molecular weight excluding hydrogens is 188 g/mol. The molecule has 0 saturated carbocycles. The Morgan fingerprint density at radius 1 is 1.14 bits per heavy atom. The van der Waals surface area contributed by atoms with Gasteiger partial charge in [-0.05, 0) is 18.7 Å². The van der Waals surface area contributed by atoms with Crippen LogP contribution >= 0.6 is 0 Å². The summed E-state index contributed by atoms with van der Waals surface area (Å²) in [6.45, 7) is 6.27. The van der Waals surface area contributed by atoms with Gasteiger partial charge in [0.2, 0.25) is 0 Å². The molecule has 78 valence electrons.